The van der Waals surface area contributed by atoms with Gasteiger partial charge in [0.2, 0.25) is 5.57 Å². The van der Waals surface area contributed by atoms with E-state index in [-0.39, 0.29) is 19.1 Å². The fourth-order valence-corrected chi connectivity index (χ4v) is 4.11. The van der Waals surface area contributed by atoms with E-state index in [2.05, 4.69) is 6.08 Å². The topological polar surface area (TPSA) is 35.5 Å². The molecule has 2 bridgehead atoms. The molecule has 0 amide bonds. The molecule has 0 spiro atoms. The quantitative estimate of drug-likeness (QED) is 0.553. The van der Waals surface area contributed by atoms with E-state index in [4.69, 9.17) is 9.05 Å². The summed E-state index contributed by atoms with van der Waals surface area (Å²) in [6.45, 7) is 3.73. The molecule has 0 radical (unpaired) electrons. The van der Waals surface area contributed by atoms with Gasteiger partial charge in [-0.05, 0) is 38.2 Å². The van der Waals surface area contributed by atoms with E-state index in [1.54, 1.807) is 13.8 Å². The number of hydrogen-bond donors (Lipinski definition) is 0. The van der Waals surface area contributed by atoms with Crippen LogP contribution in [0.15, 0.2) is 23.3 Å². The van der Waals surface area contributed by atoms with Gasteiger partial charge < -0.3 is 9.05 Å². The summed E-state index contributed by atoms with van der Waals surface area (Å²) < 4.78 is 36.7. The molecule has 3 nitrogen and oxygen atoms in total. The second kappa shape index (κ2) is 5.05. The van der Waals surface area contributed by atoms with Crippen molar-refractivity contribution in [3.05, 3.63) is 23.3 Å². The van der Waals surface area contributed by atoms with Crippen molar-refractivity contribution in [3.8, 4) is 0 Å². The van der Waals surface area contributed by atoms with Crippen LogP contribution in [-0.4, -0.2) is 13.2 Å². The Morgan fingerprint density at radius 1 is 1.41 bits per heavy atom. The molecule has 96 valence electrons. The monoisotopic (exact) mass is 260 g/mol. The molecule has 2 atom stereocenters. The normalized spacial score (nSPS) is 30.1. The van der Waals surface area contributed by atoms with Gasteiger partial charge in [0.15, 0.2) is 0 Å². The smallest absolute Gasteiger partial charge is 0.304 e. The Bertz CT molecular complexity index is 393. The molecule has 17 heavy (non-hydrogen) atoms. The predicted octanol–water partition coefficient (Wildman–Crippen LogP) is 4.03. The fraction of sp³-hybridized carbons (Fsp3) is 0.667. The summed E-state index contributed by atoms with van der Waals surface area (Å²) in [7, 11) is -3.71. The van der Waals surface area contributed by atoms with Gasteiger partial charge >= 0.3 is 7.60 Å². The van der Waals surface area contributed by atoms with Crippen LogP contribution in [0.5, 0.6) is 0 Å². The third kappa shape index (κ3) is 2.40. The summed E-state index contributed by atoms with van der Waals surface area (Å²) in [5.74, 6) is 0.492. The van der Waals surface area contributed by atoms with Crippen LogP contribution in [0.25, 0.3) is 0 Å². The first-order chi connectivity index (χ1) is 8.10. The summed E-state index contributed by atoms with van der Waals surface area (Å²) in [5.41, 5.74) is -0.0409. The molecule has 0 saturated heterocycles. The largest absolute Gasteiger partial charge is 0.389 e. The molecule has 0 aliphatic heterocycles. The molecule has 0 heterocycles. The van der Waals surface area contributed by atoms with Crippen LogP contribution in [0, 0.1) is 11.8 Å². The lowest BCUT2D eigenvalue weighted by molar-refractivity contribution is 0.219. The Balaban J connectivity index is 2.27. The summed E-state index contributed by atoms with van der Waals surface area (Å²) in [6.07, 6.45) is 5.68. The number of fused-ring (bicyclic) bond motifs is 2. The Morgan fingerprint density at radius 2 is 2.06 bits per heavy atom. The van der Waals surface area contributed by atoms with E-state index < -0.39 is 13.2 Å². The molecule has 0 aromatic rings. The summed E-state index contributed by atoms with van der Waals surface area (Å²) in [6, 6.07) is 0. The lowest BCUT2D eigenvalue weighted by Gasteiger charge is -2.18. The molecule has 5 heteroatoms. The standard InChI is InChI=1S/C12H18FO3P/c1-3-15-17(14,16-4-2)12(13)11-8-9-5-6-10(11)7-9/h5-6,9-10H,3-4,7-8H2,1-2H3/b12-11-/t9-,10+/m0/s1. The first-order valence-corrected chi connectivity index (χ1v) is 7.61. The zero-order chi connectivity index (χ0) is 12.5. The molecular formula is C12H18FO3P. The highest BCUT2D eigenvalue weighted by molar-refractivity contribution is 7.58. The Kier molecular flexibility index (Phi) is 3.86. The summed E-state index contributed by atoms with van der Waals surface area (Å²) in [4.78, 5) is 0. The van der Waals surface area contributed by atoms with Gasteiger partial charge in [-0.15, -0.1) is 0 Å². The van der Waals surface area contributed by atoms with Crippen molar-refractivity contribution in [1.82, 2.24) is 0 Å². The van der Waals surface area contributed by atoms with Crippen LogP contribution in [-0.2, 0) is 13.6 Å². The highest BCUT2D eigenvalue weighted by atomic mass is 31.2. The summed E-state index contributed by atoms with van der Waals surface area (Å²) in [5, 5.41) is 0. The molecule has 0 aromatic heterocycles. The van der Waals surface area contributed by atoms with E-state index in [1.807, 2.05) is 6.08 Å². The van der Waals surface area contributed by atoms with Crippen LogP contribution < -0.4 is 0 Å². The van der Waals surface area contributed by atoms with Crippen molar-refractivity contribution >= 4 is 7.60 Å². The van der Waals surface area contributed by atoms with Crippen LogP contribution in [0.2, 0.25) is 0 Å². The second-order valence-corrected chi connectivity index (χ2v) is 6.24. The lowest BCUT2D eigenvalue weighted by atomic mass is 10.0. The lowest BCUT2D eigenvalue weighted by Crippen LogP contribution is -2.02. The molecule has 2 rings (SSSR count). The van der Waals surface area contributed by atoms with Gasteiger partial charge in [-0.1, -0.05) is 12.2 Å². The number of rotatable bonds is 5. The van der Waals surface area contributed by atoms with Crippen LogP contribution in [0.4, 0.5) is 4.39 Å². The zero-order valence-corrected chi connectivity index (χ0v) is 11.1. The molecule has 2 aliphatic carbocycles. The van der Waals surface area contributed by atoms with E-state index in [0.29, 0.717) is 17.9 Å². The highest BCUT2D eigenvalue weighted by Crippen LogP contribution is 2.61. The number of halogens is 1. The summed E-state index contributed by atoms with van der Waals surface area (Å²) >= 11 is 0. The molecule has 1 fully saturated rings. The second-order valence-electron chi connectivity index (χ2n) is 4.34. The first kappa shape index (κ1) is 13.0. The van der Waals surface area contributed by atoms with E-state index in [0.717, 1.165) is 6.42 Å². The third-order valence-corrected chi connectivity index (χ3v) is 5.17. The molecular weight excluding hydrogens is 242 g/mol. The van der Waals surface area contributed by atoms with Crippen molar-refractivity contribution in [2.75, 3.05) is 13.2 Å². The highest BCUT2D eigenvalue weighted by Gasteiger charge is 2.40. The minimum atomic E-state index is -3.71. The molecule has 2 aliphatic rings. The van der Waals surface area contributed by atoms with Gasteiger partial charge in [0.25, 0.3) is 0 Å². The first-order valence-electron chi connectivity index (χ1n) is 6.07. The van der Waals surface area contributed by atoms with Crippen molar-refractivity contribution in [2.45, 2.75) is 26.7 Å². The average Bonchev–Trinajstić information content (AvgIpc) is 2.90. The average molecular weight is 260 g/mol. The van der Waals surface area contributed by atoms with Gasteiger partial charge in [0, 0.05) is 5.92 Å². The van der Waals surface area contributed by atoms with Crippen molar-refractivity contribution in [1.29, 1.82) is 0 Å². The molecule has 0 N–H and O–H groups in total. The predicted molar refractivity (Wildman–Crippen MR) is 64.3 cm³/mol. The molecule has 1 saturated carbocycles. The minimum absolute atomic E-state index is 0.0919. The van der Waals surface area contributed by atoms with Crippen molar-refractivity contribution in [2.24, 2.45) is 11.8 Å². The van der Waals surface area contributed by atoms with Crippen molar-refractivity contribution < 1.29 is 18.0 Å². The molecule has 0 aromatic carbocycles. The third-order valence-electron chi connectivity index (χ3n) is 3.21. The maximum absolute atomic E-state index is 14.3. The maximum atomic E-state index is 14.3. The molecule has 0 unspecified atom stereocenters. The van der Waals surface area contributed by atoms with Gasteiger partial charge in [-0.3, -0.25) is 4.57 Å². The van der Waals surface area contributed by atoms with E-state index in [9.17, 15) is 8.96 Å². The van der Waals surface area contributed by atoms with E-state index >= 15 is 0 Å². The van der Waals surface area contributed by atoms with Crippen LogP contribution in [0.1, 0.15) is 26.7 Å². The van der Waals surface area contributed by atoms with Gasteiger partial charge in [0.1, 0.15) is 0 Å². The van der Waals surface area contributed by atoms with Crippen LogP contribution >= 0.6 is 7.60 Å². The maximum Gasteiger partial charge on any atom is 0.389 e. The minimum Gasteiger partial charge on any atom is -0.304 e. The van der Waals surface area contributed by atoms with E-state index in [1.165, 1.54) is 0 Å². The number of hydrogen-bond acceptors (Lipinski definition) is 3. The van der Waals surface area contributed by atoms with Crippen LogP contribution in [0.3, 0.4) is 0 Å². The van der Waals surface area contributed by atoms with Crippen molar-refractivity contribution in [3.63, 3.8) is 0 Å². The Morgan fingerprint density at radius 3 is 2.47 bits per heavy atom. The van der Waals surface area contributed by atoms with Gasteiger partial charge in [0.05, 0.1) is 13.2 Å². The Labute approximate surface area is 101 Å². The van der Waals surface area contributed by atoms with Gasteiger partial charge in [-0.25, -0.2) is 0 Å². The SMILES string of the molecule is CCOP(=O)(OCC)/C(F)=C1/C[C@H]2C=C[C@@H]1C2. The van der Waals surface area contributed by atoms with Gasteiger partial charge in [-0.2, -0.15) is 4.39 Å². The Hall–Kier alpha value is -0.440. The zero-order valence-electron chi connectivity index (χ0n) is 10.2. The number of allylic oxidation sites excluding steroid dienone is 3. The fourth-order valence-electron chi connectivity index (χ4n) is 2.52.